The summed E-state index contributed by atoms with van der Waals surface area (Å²) in [5.41, 5.74) is 5.41. The van der Waals surface area contributed by atoms with Crippen LogP contribution in [0.4, 0.5) is 0 Å². The van der Waals surface area contributed by atoms with Gasteiger partial charge in [0.05, 0.1) is 20.8 Å². The molecular weight excluding hydrogens is 260 g/mol. The first-order valence-corrected chi connectivity index (χ1v) is 6.44. The van der Waals surface area contributed by atoms with Gasteiger partial charge in [-0.1, -0.05) is 6.92 Å². The molecule has 1 atom stereocenters. The summed E-state index contributed by atoms with van der Waals surface area (Å²) >= 11 is 0. The molecule has 0 aliphatic carbocycles. The Morgan fingerprint density at radius 2 is 1.75 bits per heavy atom. The molecule has 0 bridgehead atoms. The minimum absolute atomic E-state index is 0.0701. The molecule has 112 valence electrons. The number of benzene rings is 1. The Morgan fingerprint density at radius 1 is 1.20 bits per heavy atom. The van der Waals surface area contributed by atoms with Gasteiger partial charge in [-0.2, -0.15) is 0 Å². The number of rotatable bonds is 8. The molecule has 1 aromatic rings. The molecule has 6 heteroatoms. The SMILES string of the molecule is COc1cc(OC)cc(OCCNC(=O)C(C)CN)c1. The fourth-order valence-corrected chi connectivity index (χ4v) is 1.49. The van der Waals surface area contributed by atoms with Gasteiger partial charge in [-0.25, -0.2) is 0 Å². The number of nitrogens with two attached hydrogens (primary N) is 1. The fraction of sp³-hybridized carbons (Fsp3) is 0.500. The van der Waals surface area contributed by atoms with E-state index in [-0.39, 0.29) is 11.8 Å². The van der Waals surface area contributed by atoms with Crippen LogP contribution >= 0.6 is 0 Å². The van der Waals surface area contributed by atoms with Crippen LogP contribution in [0, 0.1) is 5.92 Å². The minimum atomic E-state index is -0.188. The highest BCUT2D eigenvalue weighted by Crippen LogP contribution is 2.27. The Balaban J connectivity index is 2.44. The third-order valence-electron chi connectivity index (χ3n) is 2.80. The molecule has 20 heavy (non-hydrogen) atoms. The van der Waals surface area contributed by atoms with E-state index in [2.05, 4.69) is 5.32 Å². The highest BCUT2D eigenvalue weighted by molar-refractivity contribution is 5.78. The number of nitrogens with one attached hydrogen (secondary N) is 1. The molecule has 0 spiro atoms. The summed E-state index contributed by atoms with van der Waals surface area (Å²) in [6.07, 6.45) is 0. The van der Waals surface area contributed by atoms with E-state index < -0.39 is 0 Å². The number of amides is 1. The monoisotopic (exact) mass is 282 g/mol. The third-order valence-corrected chi connectivity index (χ3v) is 2.80. The molecule has 0 aliphatic rings. The van der Waals surface area contributed by atoms with Crippen molar-refractivity contribution in [2.45, 2.75) is 6.92 Å². The lowest BCUT2D eigenvalue weighted by molar-refractivity contribution is -0.124. The van der Waals surface area contributed by atoms with Gasteiger partial charge in [0.25, 0.3) is 0 Å². The van der Waals surface area contributed by atoms with Gasteiger partial charge in [0, 0.05) is 30.7 Å². The smallest absolute Gasteiger partial charge is 0.224 e. The van der Waals surface area contributed by atoms with Crippen molar-refractivity contribution in [2.75, 3.05) is 33.9 Å². The van der Waals surface area contributed by atoms with Gasteiger partial charge in [-0.3, -0.25) is 4.79 Å². The zero-order chi connectivity index (χ0) is 15.0. The average Bonchev–Trinajstić information content (AvgIpc) is 2.49. The van der Waals surface area contributed by atoms with E-state index in [1.165, 1.54) is 0 Å². The first-order valence-electron chi connectivity index (χ1n) is 6.44. The number of hydrogen-bond acceptors (Lipinski definition) is 5. The molecule has 0 saturated carbocycles. The molecular formula is C14H22N2O4. The van der Waals surface area contributed by atoms with Crippen molar-refractivity contribution in [1.29, 1.82) is 0 Å². The topological polar surface area (TPSA) is 82.8 Å². The summed E-state index contributed by atoms with van der Waals surface area (Å²) in [6, 6.07) is 5.28. The van der Waals surface area contributed by atoms with E-state index in [1.54, 1.807) is 39.3 Å². The summed E-state index contributed by atoms with van der Waals surface area (Å²) in [4.78, 5) is 11.5. The van der Waals surface area contributed by atoms with E-state index in [9.17, 15) is 4.79 Å². The van der Waals surface area contributed by atoms with Gasteiger partial charge in [0.15, 0.2) is 0 Å². The molecule has 0 heterocycles. The first-order chi connectivity index (χ1) is 9.60. The highest BCUT2D eigenvalue weighted by atomic mass is 16.5. The van der Waals surface area contributed by atoms with Crippen molar-refractivity contribution in [3.8, 4) is 17.2 Å². The van der Waals surface area contributed by atoms with Crippen molar-refractivity contribution < 1.29 is 19.0 Å². The Hall–Kier alpha value is -1.95. The predicted molar refractivity (Wildman–Crippen MR) is 76.3 cm³/mol. The van der Waals surface area contributed by atoms with Gasteiger partial charge in [-0.15, -0.1) is 0 Å². The van der Waals surface area contributed by atoms with Crippen molar-refractivity contribution in [1.82, 2.24) is 5.32 Å². The molecule has 3 N–H and O–H groups in total. The number of hydrogen-bond donors (Lipinski definition) is 2. The second-order valence-corrected chi connectivity index (χ2v) is 4.32. The normalized spacial score (nSPS) is 11.6. The van der Waals surface area contributed by atoms with Crippen LogP contribution in [0.25, 0.3) is 0 Å². The Kier molecular flexibility index (Phi) is 6.66. The Labute approximate surface area is 119 Å². The number of carbonyl (C=O) groups excluding carboxylic acids is 1. The predicted octanol–water partition coefficient (Wildman–Crippen LogP) is 0.794. The highest BCUT2D eigenvalue weighted by Gasteiger charge is 2.09. The van der Waals surface area contributed by atoms with Gasteiger partial charge >= 0.3 is 0 Å². The molecule has 1 amide bonds. The number of ether oxygens (including phenoxy) is 3. The maximum absolute atomic E-state index is 11.5. The van der Waals surface area contributed by atoms with Crippen molar-refractivity contribution >= 4 is 5.91 Å². The molecule has 6 nitrogen and oxygen atoms in total. The van der Waals surface area contributed by atoms with Gasteiger partial charge < -0.3 is 25.3 Å². The molecule has 0 radical (unpaired) electrons. The minimum Gasteiger partial charge on any atom is -0.496 e. The lowest BCUT2D eigenvalue weighted by Crippen LogP contribution is -2.35. The zero-order valence-electron chi connectivity index (χ0n) is 12.1. The standard InChI is InChI=1S/C14H22N2O4/c1-10(9-15)14(17)16-4-5-20-13-7-11(18-2)6-12(8-13)19-3/h6-8,10H,4-5,9,15H2,1-3H3,(H,16,17). The summed E-state index contributed by atoms with van der Waals surface area (Å²) < 4.78 is 15.8. The van der Waals surface area contributed by atoms with Crippen LogP contribution in [0.3, 0.4) is 0 Å². The van der Waals surface area contributed by atoms with Crippen LogP contribution in [0.1, 0.15) is 6.92 Å². The summed E-state index contributed by atoms with van der Waals surface area (Å²) in [5.74, 6) is 1.67. The van der Waals surface area contributed by atoms with Crippen molar-refractivity contribution in [2.24, 2.45) is 11.7 Å². The van der Waals surface area contributed by atoms with Crippen LogP contribution in [0.2, 0.25) is 0 Å². The summed E-state index contributed by atoms with van der Waals surface area (Å²) in [6.45, 7) is 2.89. The van der Waals surface area contributed by atoms with E-state index in [0.29, 0.717) is 36.9 Å². The van der Waals surface area contributed by atoms with Crippen LogP contribution in [-0.2, 0) is 4.79 Å². The maximum atomic E-state index is 11.5. The second kappa shape index (κ2) is 8.27. The lowest BCUT2D eigenvalue weighted by atomic mass is 10.2. The number of carbonyl (C=O) groups is 1. The largest absolute Gasteiger partial charge is 0.496 e. The lowest BCUT2D eigenvalue weighted by Gasteiger charge is -2.12. The Morgan fingerprint density at radius 3 is 2.25 bits per heavy atom. The van der Waals surface area contributed by atoms with Gasteiger partial charge in [-0.05, 0) is 0 Å². The van der Waals surface area contributed by atoms with E-state index in [4.69, 9.17) is 19.9 Å². The van der Waals surface area contributed by atoms with Crippen molar-refractivity contribution in [3.05, 3.63) is 18.2 Å². The third kappa shape index (κ3) is 4.97. The Bertz CT molecular complexity index is 415. The maximum Gasteiger partial charge on any atom is 0.224 e. The molecule has 0 aromatic heterocycles. The van der Waals surface area contributed by atoms with E-state index in [0.717, 1.165) is 0 Å². The molecule has 0 fully saturated rings. The number of methoxy groups -OCH3 is 2. The van der Waals surface area contributed by atoms with Crippen LogP contribution in [0.5, 0.6) is 17.2 Å². The molecule has 1 unspecified atom stereocenters. The second-order valence-electron chi connectivity index (χ2n) is 4.32. The van der Waals surface area contributed by atoms with Crippen LogP contribution in [0.15, 0.2) is 18.2 Å². The van der Waals surface area contributed by atoms with E-state index >= 15 is 0 Å². The van der Waals surface area contributed by atoms with E-state index in [1.807, 2.05) is 0 Å². The van der Waals surface area contributed by atoms with Gasteiger partial charge in [0.2, 0.25) is 5.91 Å². The fourth-order valence-electron chi connectivity index (χ4n) is 1.49. The van der Waals surface area contributed by atoms with Crippen LogP contribution < -0.4 is 25.3 Å². The molecule has 0 saturated heterocycles. The quantitative estimate of drug-likeness (QED) is 0.689. The molecule has 1 aromatic carbocycles. The molecule has 1 rings (SSSR count). The van der Waals surface area contributed by atoms with Gasteiger partial charge in [0.1, 0.15) is 23.9 Å². The average molecular weight is 282 g/mol. The first kappa shape index (κ1) is 16.1. The molecule has 0 aliphatic heterocycles. The summed E-state index contributed by atoms with van der Waals surface area (Å²) in [5, 5.41) is 2.75. The van der Waals surface area contributed by atoms with Crippen LogP contribution in [-0.4, -0.2) is 39.8 Å². The zero-order valence-corrected chi connectivity index (χ0v) is 12.1. The summed E-state index contributed by atoms with van der Waals surface area (Å²) in [7, 11) is 3.15. The van der Waals surface area contributed by atoms with Crippen molar-refractivity contribution in [3.63, 3.8) is 0 Å².